The van der Waals surface area contributed by atoms with E-state index in [9.17, 15) is 22.8 Å². The van der Waals surface area contributed by atoms with Crippen molar-refractivity contribution in [3.05, 3.63) is 111 Å². The van der Waals surface area contributed by atoms with E-state index in [1.54, 1.807) is 68.4 Å². The SMILES string of the molecule is Cc1cc(C)nc(NS(=O)(=O)c2ccc(NC(=O)COC(=O)c3c(-c4ccc(Cl)cc4)c4ccccc4c(=O)n3C)cc2)n1. The number of pyridine rings is 1. The molecule has 11 nitrogen and oxygen atoms in total. The van der Waals surface area contributed by atoms with Crippen LogP contribution in [0.5, 0.6) is 0 Å². The highest BCUT2D eigenvalue weighted by molar-refractivity contribution is 7.92. The van der Waals surface area contributed by atoms with Crippen LogP contribution in [0.2, 0.25) is 5.02 Å². The first-order valence-electron chi connectivity index (χ1n) is 13.2. The standard InChI is InChI=1S/C31H26ClN5O6S/c1-18-16-19(2)34-31(33-18)36-44(41,42)23-14-12-22(13-15-23)35-26(38)17-43-30(40)28-27(20-8-10-21(32)11-9-20)24-6-4-5-7-25(24)29(39)37(28)3/h4-16H,17H2,1-3H3,(H,35,38)(H,33,34,36). The monoisotopic (exact) mass is 631 g/mol. The Kier molecular flexibility index (Phi) is 8.47. The molecular formula is C31H26ClN5O6S. The molecule has 0 aliphatic carbocycles. The molecule has 0 aliphatic heterocycles. The van der Waals surface area contributed by atoms with E-state index in [0.717, 1.165) is 0 Å². The van der Waals surface area contributed by atoms with E-state index >= 15 is 0 Å². The van der Waals surface area contributed by atoms with Crippen molar-refractivity contribution in [3.63, 3.8) is 0 Å². The fourth-order valence-corrected chi connectivity index (χ4v) is 5.75. The van der Waals surface area contributed by atoms with Crippen LogP contribution < -0.4 is 15.6 Å². The van der Waals surface area contributed by atoms with Crippen molar-refractivity contribution in [2.75, 3.05) is 16.6 Å². The number of carbonyl (C=O) groups excluding carboxylic acids is 2. The summed E-state index contributed by atoms with van der Waals surface area (Å²) in [5.74, 6) is -1.60. The highest BCUT2D eigenvalue weighted by Crippen LogP contribution is 2.32. The molecule has 44 heavy (non-hydrogen) atoms. The van der Waals surface area contributed by atoms with Gasteiger partial charge in [-0.2, -0.15) is 0 Å². The van der Waals surface area contributed by atoms with Crippen molar-refractivity contribution in [2.45, 2.75) is 18.7 Å². The number of hydrogen-bond donors (Lipinski definition) is 2. The van der Waals surface area contributed by atoms with Gasteiger partial charge in [-0.1, -0.05) is 41.9 Å². The zero-order valence-corrected chi connectivity index (χ0v) is 25.4. The maximum absolute atomic E-state index is 13.4. The number of hydrogen-bond acceptors (Lipinski definition) is 8. The topological polar surface area (TPSA) is 149 Å². The van der Waals surface area contributed by atoms with Gasteiger partial charge in [0.25, 0.3) is 21.5 Å². The molecule has 2 heterocycles. The van der Waals surface area contributed by atoms with Crippen LogP contribution in [-0.2, 0) is 26.6 Å². The van der Waals surface area contributed by atoms with Gasteiger partial charge in [0.1, 0.15) is 5.69 Å². The van der Waals surface area contributed by atoms with E-state index in [-0.39, 0.29) is 22.2 Å². The van der Waals surface area contributed by atoms with Gasteiger partial charge in [0, 0.05) is 40.1 Å². The van der Waals surface area contributed by atoms with Crippen molar-refractivity contribution < 1.29 is 22.7 Å². The van der Waals surface area contributed by atoms with Crippen molar-refractivity contribution in [3.8, 4) is 11.1 Å². The van der Waals surface area contributed by atoms with E-state index in [2.05, 4.69) is 20.0 Å². The van der Waals surface area contributed by atoms with E-state index in [1.807, 2.05) is 0 Å². The number of benzene rings is 3. The molecule has 0 saturated carbocycles. The molecule has 13 heteroatoms. The van der Waals surface area contributed by atoms with Gasteiger partial charge in [0.15, 0.2) is 6.61 Å². The Morgan fingerprint density at radius 3 is 2.16 bits per heavy atom. The van der Waals surface area contributed by atoms with Crippen LogP contribution in [0.4, 0.5) is 11.6 Å². The van der Waals surface area contributed by atoms with Crippen LogP contribution in [0.15, 0.2) is 88.6 Å². The number of fused-ring (bicyclic) bond motifs is 1. The average molecular weight is 632 g/mol. The summed E-state index contributed by atoms with van der Waals surface area (Å²) in [6.07, 6.45) is 0. The summed E-state index contributed by atoms with van der Waals surface area (Å²) in [6.45, 7) is 2.79. The first-order valence-corrected chi connectivity index (χ1v) is 15.1. The Morgan fingerprint density at radius 2 is 1.52 bits per heavy atom. The highest BCUT2D eigenvalue weighted by Gasteiger charge is 2.24. The van der Waals surface area contributed by atoms with Crippen LogP contribution in [0, 0.1) is 13.8 Å². The van der Waals surface area contributed by atoms with Crippen molar-refractivity contribution in [2.24, 2.45) is 7.05 Å². The molecule has 0 radical (unpaired) electrons. The largest absolute Gasteiger partial charge is 0.451 e. The molecule has 224 valence electrons. The molecule has 0 bridgehead atoms. The van der Waals surface area contributed by atoms with Crippen LogP contribution in [0.1, 0.15) is 21.9 Å². The van der Waals surface area contributed by atoms with E-state index in [4.69, 9.17) is 16.3 Å². The molecular weight excluding hydrogens is 606 g/mol. The number of esters is 1. The zero-order chi connectivity index (χ0) is 31.6. The minimum atomic E-state index is -3.99. The molecule has 0 saturated heterocycles. The number of amides is 1. The summed E-state index contributed by atoms with van der Waals surface area (Å²) in [4.78, 5) is 47.2. The predicted molar refractivity (Wildman–Crippen MR) is 167 cm³/mol. The minimum Gasteiger partial charge on any atom is -0.451 e. The number of aryl methyl sites for hydroxylation is 2. The molecule has 0 aliphatic rings. The van der Waals surface area contributed by atoms with Gasteiger partial charge in [-0.15, -0.1) is 0 Å². The molecule has 1 amide bonds. The normalized spacial score (nSPS) is 11.3. The summed E-state index contributed by atoms with van der Waals surface area (Å²) in [7, 11) is -2.53. The molecule has 0 spiro atoms. The molecule has 3 aromatic carbocycles. The number of aromatic nitrogens is 3. The molecule has 0 fully saturated rings. The molecule has 5 rings (SSSR count). The highest BCUT2D eigenvalue weighted by atomic mass is 35.5. The predicted octanol–water partition coefficient (Wildman–Crippen LogP) is 4.86. The second kappa shape index (κ2) is 12.3. The third-order valence-corrected chi connectivity index (χ3v) is 8.22. The van der Waals surface area contributed by atoms with Gasteiger partial charge in [0.05, 0.1) is 4.90 Å². The summed E-state index contributed by atoms with van der Waals surface area (Å²) < 4.78 is 34.4. The lowest BCUT2D eigenvalue weighted by Gasteiger charge is -2.17. The molecule has 2 aromatic heterocycles. The first kappa shape index (κ1) is 30.4. The Balaban J connectivity index is 1.32. The minimum absolute atomic E-state index is 0.0290. The summed E-state index contributed by atoms with van der Waals surface area (Å²) in [5.41, 5.74) is 2.15. The molecule has 5 aromatic rings. The maximum Gasteiger partial charge on any atom is 0.356 e. The number of rotatable bonds is 8. The smallest absolute Gasteiger partial charge is 0.356 e. The Bertz CT molecular complexity index is 2060. The second-order valence-corrected chi connectivity index (χ2v) is 12.0. The quantitative estimate of drug-likeness (QED) is 0.231. The third-order valence-electron chi connectivity index (χ3n) is 6.62. The number of ether oxygens (including phenoxy) is 1. The van der Waals surface area contributed by atoms with Crippen molar-refractivity contribution in [1.82, 2.24) is 14.5 Å². The Labute approximate surface area is 257 Å². The van der Waals surface area contributed by atoms with Gasteiger partial charge < -0.3 is 14.6 Å². The fraction of sp³-hybridized carbons (Fsp3) is 0.129. The number of anilines is 2. The maximum atomic E-state index is 13.4. The Hall–Kier alpha value is -5.07. The zero-order valence-electron chi connectivity index (χ0n) is 23.8. The summed E-state index contributed by atoms with van der Waals surface area (Å²) >= 11 is 6.07. The molecule has 2 N–H and O–H groups in total. The fourth-order valence-electron chi connectivity index (χ4n) is 4.68. The van der Waals surface area contributed by atoms with Gasteiger partial charge in [0.2, 0.25) is 5.95 Å². The Morgan fingerprint density at radius 1 is 0.909 bits per heavy atom. The van der Waals surface area contributed by atoms with Crippen LogP contribution in [0.3, 0.4) is 0 Å². The number of nitrogens with zero attached hydrogens (tertiary/aromatic N) is 3. The van der Waals surface area contributed by atoms with Gasteiger partial charge >= 0.3 is 5.97 Å². The first-order chi connectivity index (χ1) is 20.9. The summed E-state index contributed by atoms with van der Waals surface area (Å²) in [6, 6.07) is 20.8. The van der Waals surface area contributed by atoms with Gasteiger partial charge in [-0.05, 0) is 73.3 Å². The van der Waals surface area contributed by atoms with Crippen LogP contribution in [0.25, 0.3) is 21.9 Å². The van der Waals surface area contributed by atoms with Crippen molar-refractivity contribution in [1.29, 1.82) is 0 Å². The average Bonchev–Trinajstić information content (AvgIpc) is 2.98. The lowest BCUT2D eigenvalue weighted by Crippen LogP contribution is -2.28. The van der Waals surface area contributed by atoms with Crippen LogP contribution >= 0.6 is 11.6 Å². The van der Waals surface area contributed by atoms with E-state index in [1.165, 1.54) is 35.9 Å². The summed E-state index contributed by atoms with van der Waals surface area (Å²) in [5, 5.41) is 4.02. The number of sulfonamides is 1. The van der Waals surface area contributed by atoms with Gasteiger partial charge in [-0.25, -0.2) is 27.9 Å². The number of nitrogens with one attached hydrogen (secondary N) is 2. The molecule has 0 unspecified atom stereocenters. The van der Waals surface area contributed by atoms with E-state index in [0.29, 0.717) is 38.3 Å². The number of carbonyl (C=O) groups is 2. The van der Waals surface area contributed by atoms with Gasteiger partial charge in [-0.3, -0.25) is 9.59 Å². The van der Waals surface area contributed by atoms with E-state index < -0.39 is 34.1 Å². The lowest BCUT2D eigenvalue weighted by molar-refractivity contribution is -0.119. The van der Waals surface area contributed by atoms with Crippen molar-refractivity contribution >= 4 is 55.9 Å². The van der Waals surface area contributed by atoms with Crippen LogP contribution in [-0.4, -0.2) is 41.4 Å². The second-order valence-electron chi connectivity index (χ2n) is 9.87. The number of halogens is 1. The lowest BCUT2D eigenvalue weighted by atomic mass is 9.97. The third kappa shape index (κ3) is 6.46. The molecule has 0 atom stereocenters.